The molecule has 0 N–H and O–H groups in total. The highest BCUT2D eigenvalue weighted by Crippen LogP contribution is 2.11. The lowest BCUT2D eigenvalue weighted by Gasteiger charge is -2.34. The first-order chi connectivity index (χ1) is 10.2. The zero-order valence-corrected chi connectivity index (χ0v) is 11.8. The van der Waals surface area contributed by atoms with Crippen LogP contribution in [0.15, 0.2) is 30.7 Å². The number of piperazine rings is 1. The van der Waals surface area contributed by atoms with Crippen molar-refractivity contribution in [2.24, 2.45) is 0 Å². The second-order valence-electron chi connectivity index (χ2n) is 4.85. The van der Waals surface area contributed by atoms with E-state index in [1.165, 1.54) is 0 Å². The Labute approximate surface area is 122 Å². The lowest BCUT2D eigenvalue weighted by molar-refractivity contribution is 0.0733. The molecule has 7 nitrogen and oxygen atoms in total. The van der Waals surface area contributed by atoms with Gasteiger partial charge in [-0.05, 0) is 19.1 Å². The van der Waals surface area contributed by atoms with Crippen molar-refractivity contribution >= 4 is 11.9 Å². The van der Waals surface area contributed by atoms with Crippen LogP contribution >= 0.6 is 0 Å². The lowest BCUT2D eigenvalue weighted by Crippen LogP contribution is -2.49. The molecule has 0 unspecified atom stereocenters. The zero-order chi connectivity index (χ0) is 14.7. The van der Waals surface area contributed by atoms with Crippen molar-refractivity contribution < 1.29 is 4.79 Å². The Morgan fingerprint density at radius 3 is 2.43 bits per heavy atom. The summed E-state index contributed by atoms with van der Waals surface area (Å²) >= 11 is 0. The first kappa shape index (κ1) is 13.4. The Morgan fingerprint density at radius 1 is 1.05 bits per heavy atom. The van der Waals surface area contributed by atoms with Crippen LogP contribution in [0.3, 0.4) is 0 Å². The third-order valence-corrected chi connectivity index (χ3v) is 3.39. The van der Waals surface area contributed by atoms with Crippen molar-refractivity contribution in [1.29, 1.82) is 0 Å². The minimum absolute atomic E-state index is 0.118. The first-order valence-corrected chi connectivity index (χ1v) is 6.85. The number of aryl methyl sites for hydroxylation is 1. The van der Waals surface area contributed by atoms with Gasteiger partial charge in [0.15, 0.2) is 0 Å². The average Bonchev–Trinajstić information content (AvgIpc) is 2.55. The van der Waals surface area contributed by atoms with Crippen molar-refractivity contribution in [2.45, 2.75) is 6.92 Å². The van der Waals surface area contributed by atoms with Gasteiger partial charge < -0.3 is 9.80 Å². The van der Waals surface area contributed by atoms with Crippen LogP contribution in [0.25, 0.3) is 0 Å². The van der Waals surface area contributed by atoms with E-state index in [1.807, 2.05) is 6.92 Å². The van der Waals surface area contributed by atoms with Crippen molar-refractivity contribution in [2.75, 3.05) is 31.1 Å². The van der Waals surface area contributed by atoms with Crippen LogP contribution in [0, 0.1) is 6.92 Å². The van der Waals surface area contributed by atoms with Crippen molar-refractivity contribution in [3.63, 3.8) is 0 Å². The zero-order valence-electron chi connectivity index (χ0n) is 11.8. The summed E-state index contributed by atoms with van der Waals surface area (Å²) in [6.45, 7) is 4.51. The SMILES string of the molecule is Cc1ccnc(C(=O)N2CCN(c3ncccn3)CC2)n1. The van der Waals surface area contributed by atoms with Crippen molar-refractivity contribution in [1.82, 2.24) is 24.8 Å². The van der Waals surface area contributed by atoms with Gasteiger partial charge in [-0.15, -0.1) is 0 Å². The van der Waals surface area contributed by atoms with Gasteiger partial charge in [0.2, 0.25) is 11.8 Å². The molecule has 1 aliphatic rings. The Balaban J connectivity index is 1.64. The normalized spacial score (nSPS) is 15.1. The van der Waals surface area contributed by atoms with Crippen LogP contribution in [-0.4, -0.2) is 56.9 Å². The van der Waals surface area contributed by atoms with Crippen LogP contribution in [0.1, 0.15) is 16.3 Å². The van der Waals surface area contributed by atoms with Crippen molar-refractivity contribution in [3.05, 3.63) is 42.2 Å². The summed E-state index contributed by atoms with van der Waals surface area (Å²) < 4.78 is 0. The highest BCUT2D eigenvalue weighted by atomic mass is 16.2. The number of carbonyl (C=O) groups is 1. The third kappa shape index (κ3) is 2.96. The Morgan fingerprint density at radius 2 is 1.76 bits per heavy atom. The average molecular weight is 284 g/mol. The minimum Gasteiger partial charge on any atom is -0.337 e. The van der Waals surface area contributed by atoms with Crippen LogP contribution in [0.5, 0.6) is 0 Å². The van der Waals surface area contributed by atoms with Gasteiger partial charge in [0, 0.05) is 50.5 Å². The third-order valence-electron chi connectivity index (χ3n) is 3.39. The molecule has 108 valence electrons. The highest BCUT2D eigenvalue weighted by molar-refractivity contribution is 5.90. The Kier molecular flexibility index (Phi) is 3.72. The quantitative estimate of drug-likeness (QED) is 0.801. The van der Waals surface area contributed by atoms with E-state index in [-0.39, 0.29) is 11.7 Å². The maximum atomic E-state index is 12.3. The summed E-state index contributed by atoms with van der Waals surface area (Å²) in [5, 5.41) is 0. The molecule has 0 spiro atoms. The number of aromatic nitrogens is 4. The number of hydrogen-bond acceptors (Lipinski definition) is 6. The highest BCUT2D eigenvalue weighted by Gasteiger charge is 2.24. The molecule has 0 radical (unpaired) electrons. The van der Waals surface area contributed by atoms with Gasteiger partial charge in [-0.1, -0.05) is 0 Å². The molecule has 0 bridgehead atoms. The second kappa shape index (κ2) is 5.82. The number of hydrogen-bond donors (Lipinski definition) is 0. The summed E-state index contributed by atoms with van der Waals surface area (Å²) in [7, 11) is 0. The molecule has 1 aliphatic heterocycles. The van der Waals surface area contributed by atoms with Crippen LogP contribution in [-0.2, 0) is 0 Å². The summed E-state index contributed by atoms with van der Waals surface area (Å²) in [4.78, 5) is 32.9. The molecule has 0 aromatic carbocycles. The van der Waals surface area contributed by atoms with Gasteiger partial charge in [0.05, 0.1) is 0 Å². The molecule has 0 aliphatic carbocycles. The van der Waals surface area contributed by atoms with Gasteiger partial charge in [-0.25, -0.2) is 19.9 Å². The summed E-state index contributed by atoms with van der Waals surface area (Å²) in [5.74, 6) is 0.850. The van der Waals surface area contributed by atoms with E-state index in [4.69, 9.17) is 0 Å². The van der Waals surface area contributed by atoms with Crippen LogP contribution in [0.4, 0.5) is 5.95 Å². The summed E-state index contributed by atoms with van der Waals surface area (Å²) in [6.07, 6.45) is 5.06. The van der Waals surface area contributed by atoms with Gasteiger partial charge >= 0.3 is 0 Å². The molecular formula is C14H16N6O. The Bertz CT molecular complexity index is 624. The Hall–Kier alpha value is -2.57. The standard InChI is InChI=1S/C14H16N6O/c1-11-3-6-15-12(18-11)13(21)19-7-9-20(10-8-19)14-16-4-2-5-17-14/h2-6H,7-10H2,1H3. The fourth-order valence-corrected chi connectivity index (χ4v) is 2.26. The molecule has 21 heavy (non-hydrogen) atoms. The van der Waals surface area contributed by atoms with Crippen molar-refractivity contribution in [3.8, 4) is 0 Å². The molecule has 7 heteroatoms. The van der Waals surface area contributed by atoms with E-state index in [2.05, 4.69) is 24.8 Å². The fourth-order valence-electron chi connectivity index (χ4n) is 2.26. The molecule has 1 saturated heterocycles. The van der Waals surface area contributed by atoms with E-state index >= 15 is 0 Å². The van der Waals surface area contributed by atoms with E-state index in [0.717, 1.165) is 5.69 Å². The van der Waals surface area contributed by atoms with Crippen LogP contribution < -0.4 is 4.90 Å². The van der Waals surface area contributed by atoms with E-state index in [9.17, 15) is 4.79 Å². The van der Waals surface area contributed by atoms with Gasteiger partial charge in [0.1, 0.15) is 0 Å². The fraction of sp³-hybridized carbons (Fsp3) is 0.357. The number of anilines is 1. The van der Waals surface area contributed by atoms with Gasteiger partial charge in [-0.2, -0.15) is 0 Å². The molecular weight excluding hydrogens is 268 g/mol. The first-order valence-electron chi connectivity index (χ1n) is 6.85. The maximum absolute atomic E-state index is 12.3. The monoisotopic (exact) mass is 284 g/mol. The molecule has 3 heterocycles. The van der Waals surface area contributed by atoms with Gasteiger partial charge in [0.25, 0.3) is 5.91 Å². The summed E-state index contributed by atoms with van der Waals surface area (Å²) in [6, 6.07) is 3.57. The number of carbonyl (C=O) groups excluding carboxylic acids is 1. The predicted octanol–water partition coefficient (Wildman–Crippen LogP) is 0.537. The van der Waals surface area contributed by atoms with E-state index in [1.54, 1.807) is 35.6 Å². The number of rotatable bonds is 2. The van der Waals surface area contributed by atoms with E-state index < -0.39 is 0 Å². The number of nitrogens with zero attached hydrogens (tertiary/aromatic N) is 6. The number of amides is 1. The largest absolute Gasteiger partial charge is 0.337 e. The predicted molar refractivity (Wildman–Crippen MR) is 76.9 cm³/mol. The molecule has 1 amide bonds. The topological polar surface area (TPSA) is 75.1 Å². The molecule has 0 saturated carbocycles. The minimum atomic E-state index is -0.118. The smallest absolute Gasteiger partial charge is 0.291 e. The molecule has 2 aromatic rings. The molecule has 1 fully saturated rings. The molecule has 0 atom stereocenters. The maximum Gasteiger partial charge on any atom is 0.291 e. The lowest BCUT2D eigenvalue weighted by atomic mass is 10.3. The second-order valence-corrected chi connectivity index (χ2v) is 4.85. The van der Waals surface area contributed by atoms with E-state index in [0.29, 0.717) is 32.1 Å². The summed E-state index contributed by atoms with van der Waals surface area (Å²) in [5.41, 5.74) is 0.796. The molecule has 2 aromatic heterocycles. The van der Waals surface area contributed by atoms with Crippen LogP contribution in [0.2, 0.25) is 0 Å². The van der Waals surface area contributed by atoms with Gasteiger partial charge in [-0.3, -0.25) is 4.79 Å². The molecule has 3 rings (SSSR count).